The van der Waals surface area contributed by atoms with Crippen LogP contribution < -0.4 is 0 Å². The van der Waals surface area contributed by atoms with Crippen molar-refractivity contribution in [3.05, 3.63) is 41.0 Å². The van der Waals surface area contributed by atoms with Crippen molar-refractivity contribution in [3.63, 3.8) is 0 Å². The number of benzene rings is 1. The lowest BCUT2D eigenvalue weighted by Gasteiger charge is -2.02. The number of nitrogens with one attached hydrogen (secondary N) is 1. The molecule has 0 saturated heterocycles. The van der Waals surface area contributed by atoms with Crippen LogP contribution in [0.5, 0.6) is 0 Å². The van der Waals surface area contributed by atoms with E-state index in [1.54, 1.807) is 13.0 Å². The smallest absolute Gasteiger partial charge is 0.0912 e. The number of rotatable bonds is 2. The summed E-state index contributed by atoms with van der Waals surface area (Å²) in [5.41, 5.74) is 3.52. The molecule has 2 heteroatoms. The van der Waals surface area contributed by atoms with Crippen LogP contribution in [0.25, 0.3) is 6.08 Å². The zero-order valence-corrected chi connectivity index (χ0v) is 8.33. The Kier molecular flexibility index (Phi) is 3.19. The molecule has 0 aliphatic heterocycles. The van der Waals surface area contributed by atoms with E-state index in [1.807, 2.05) is 31.2 Å². The van der Waals surface area contributed by atoms with Gasteiger partial charge < -0.3 is 5.41 Å². The van der Waals surface area contributed by atoms with Crippen LogP contribution in [-0.4, -0.2) is 5.71 Å². The number of hydrogen-bond donors (Lipinski definition) is 1. The van der Waals surface area contributed by atoms with E-state index in [9.17, 15) is 0 Å². The maximum absolute atomic E-state index is 8.40. The highest BCUT2D eigenvalue weighted by Gasteiger charge is 1.97. The molecule has 0 bridgehead atoms. The second-order valence-corrected chi connectivity index (χ2v) is 3.22. The summed E-state index contributed by atoms with van der Waals surface area (Å²) in [6.45, 7) is 3.74. The number of hydrogen-bond acceptors (Lipinski definition) is 2. The Balaban J connectivity index is 3.15. The predicted molar refractivity (Wildman–Crippen MR) is 58.3 cm³/mol. The van der Waals surface area contributed by atoms with Gasteiger partial charge >= 0.3 is 0 Å². The van der Waals surface area contributed by atoms with Crippen molar-refractivity contribution in [3.8, 4) is 6.07 Å². The van der Waals surface area contributed by atoms with Gasteiger partial charge in [0.2, 0.25) is 0 Å². The van der Waals surface area contributed by atoms with E-state index in [0.717, 1.165) is 16.7 Å². The third kappa shape index (κ3) is 2.56. The van der Waals surface area contributed by atoms with Gasteiger partial charge in [-0.2, -0.15) is 5.26 Å². The Bertz CT molecular complexity index is 422. The Morgan fingerprint density at radius 3 is 2.71 bits per heavy atom. The molecule has 1 N–H and O–H groups in total. The topological polar surface area (TPSA) is 47.6 Å². The monoisotopic (exact) mass is 184 g/mol. The molecular formula is C12H12N2. The van der Waals surface area contributed by atoms with E-state index >= 15 is 0 Å². The van der Waals surface area contributed by atoms with Crippen LogP contribution in [0.4, 0.5) is 0 Å². The maximum atomic E-state index is 8.40. The van der Waals surface area contributed by atoms with Crippen LogP contribution in [0.2, 0.25) is 0 Å². The van der Waals surface area contributed by atoms with Crippen molar-refractivity contribution < 1.29 is 0 Å². The molecule has 0 aliphatic carbocycles. The summed E-state index contributed by atoms with van der Waals surface area (Å²) in [7, 11) is 0. The van der Waals surface area contributed by atoms with Crippen molar-refractivity contribution in [2.45, 2.75) is 13.8 Å². The van der Waals surface area contributed by atoms with E-state index in [-0.39, 0.29) is 0 Å². The molecule has 0 amide bonds. The highest BCUT2D eigenvalue weighted by Crippen LogP contribution is 2.11. The third-order valence-electron chi connectivity index (χ3n) is 1.88. The standard InChI is InChI=1S/C12H12N2/c1-9-6-11(4-3-5-13)8-12(7-9)10(2)14/h3-4,6-8,14H,1-2H3/b4-3+,14-10?. The molecule has 0 radical (unpaired) electrons. The first kappa shape index (κ1) is 10.2. The Hall–Kier alpha value is -1.88. The zero-order chi connectivity index (χ0) is 10.6. The van der Waals surface area contributed by atoms with Gasteiger partial charge in [0.25, 0.3) is 0 Å². The first-order valence-electron chi connectivity index (χ1n) is 4.37. The van der Waals surface area contributed by atoms with Crippen molar-refractivity contribution in [1.82, 2.24) is 0 Å². The number of nitrogens with zero attached hydrogens (tertiary/aromatic N) is 1. The molecule has 0 heterocycles. The van der Waals surface area contributed by atoms with Gasteiger partial charge in [-0.05, 0) is 42.7 Å². The van der Waals surface area contributed by atoms with Crippen molar-refractivity contribution in [2.75, 3.05) is 0 Å². The van der Waals surface area contributed by atoms with E-state index in [0.29, 0.717) is 5.71 Å². The predicted octanol–water partition coefficient (Wildman–Crippen LogP) is 2.92. The van der Waals surface area contributed by atoms with Crippen LogP contribution in [0.3, 0.4) is 0 Å². The largest absolute Gasteiger partial charge is 0.305 e. The molecule has 2 nitrogen and oxygen atoms in total. The average Bonchev–Trinajstić information content (AvgIpc) is 2.14. The van der Waals surface area contributed by atoms with Crippen LogP contribution in [0, 0.1) is 23.7 Å². The summed E-state index contributed by atoms with van der Waals surface area (Å²) >= 11 is 0. The highest BCUT2D eigenvalue weighted by molar-refractivity contribution is 5.96. The summed E-state index contributed by atoms with van der Waals surface area (Å²) in [4.78, 5) is 0. The van der Waals surface area contributed by atoms with Gasteiger partial charge in [0.1, 0.15) is 0 Å². The van der Waals surface area contributed by atoms with Gasteiger partial charge in [0.15, 0.2) is 0 Å². The summed E-state index contributed by atoms with van der Waals surface area (Å²) in [6.07, 6.45) is 3.19. The Labute approximate surface area is 84.0 Å². The molecule has 0 fully saturated rings. The molecule has 14 heavy (non-hydrogen) atoms. The first-order chi connectivity index (χ1) is 6.63. The molecule has 1 aromatic carbocycles. The minimum Gasteiger partial charge on any atom is -0.305 e. The summed E-state index contributed by atoms with van der Waals surface area (Å²) in [5, 5.41) is 15.9. The maximum Gasteiger partial charge on any atom is 0.0912 e. The minimum atomic E-state index is 0.542. The van der Waals surface area contributed by atoms with Crippen LogP contribution in [0.1, 0.15) is 23.6 Å². The van der Waals surface area contributed by atoms with Gasteiger partial charge in [-0.25, -0.2) is 0 Å². The fraction of sp³-hybridized carbons (Fsp3) is 0.167. The van der Waals surface area contributed by atoms with Crippen molar-refractivity contribution >= 4 is 11.8 Å². The lowest BCUT2D eigenvalue weighted by Crippen LogP contribution is -1.93. The number of allylic oxidation sites excluding steroid dienone is 1. The van der Waals surface area contributed by atoms with Crippen molar-refractivity contribution in [1.29, 1.82) is 10.7 Å². The van der Waals surface area contributed by atoms with Gasteiger partial charge in [-0.3, -0.25) is 0 Å². The molecule has 1 rings (SSSR count). The van der Waals surface area contributed by atoms with Crippen molar-refractivity contribution in [2.24, 2.45) is 0 Å². The van der Waals surface area contributed by atoms with Crippen LogP contribution in [-0.2, 0) is 0 Å². The lowest BCUT2D eigenvalue weighted by molar-refractivity contribution is 1.40. The lowest BCUT2D eigenvalue weighted by atomic mass is 10.0. The van der Waals surface area contributed by atoms with Gasteiger partial charge in [0, 0.05) is 11.8 Å². The van der Waals surface area contributed by atoms with E-state index < -0.39 is 0 Å². The quantitative estimate of drug-likeness (QED) is 0.557. The SMILES string of the molecule is CC(=N)c1cc(C)cc(/C=C/C#N)c1. The summed E-state index contributed by atoms with van der Waals surface area (Å²) < 4.78 is 0. The van der Waals surface area contributed by atoms with Crippen LogP contribution >= 0.6 is 0 Å². The second-order valence-electron chi connectivity index (χ2n) is 3.22. The van der Waals surface area contributed by atoms with E-state index in [2.05, 4.69) is 0 Å². The molecule has 0 aliphatic rings. The molecule has 0 saturated carbocycles. The Morgan fingerprint density at radius 1 is 1.43 bits per heavy atom. The molecular weight excluding hydrogens is 172 g/mol. The molecule has 0 aromatic heterocycles. The third-order valence-corrected chi connectivity index (χ3v) is 1.88. The fourth-order valence-electron chi connectivity index (χ4n) is 1.26. The van der Waals surface area contributed by atoms with E-state index in [4.69, 9.17) is 10.7 Å². The average molecular weight is 184 g/mol. The number of nitriles is 1. The zero-order valence-electron chi connectivity index (χ0n) is 8.33. The normalized spacial score (nSPS) is 10.1. The number of aryl methyl sites for hydroxylation is 1. The highest BCUT2D eigenvalue weighted by atomic mass is 14.4. The van der Waals surface area contributed by atoms with E-state index in [1.165, 1.54) is 6.08 Å². The molecule has 0 unspecified atom stereocenters. The molecule has 70 valence electrons. The minimum absolute atomic E-state index is 0.542. The molecule has 0 atom stereocenters. The summed E-state index contributed by atoms with van der Waals surface area (Å²) in [6, 6.07) is 7.81. The molecule has 0 spiro atoms. The van der Waals surface area contributed by atoms with Gasteiger partial charge in [-0.15, -0.1) is 0 Å². The summed E-state index contributed by atoms with van der Waals surface area (Å²) in [5.74, 6) is 0. The van der Waals surface area contributed by atoms with Gasteiger partial charge in [0.05, 0.1) is 6.07 Å². The van der Waals surface area contributed by atoms with Crippen LogP contribution in [0.15, 0.2) is 24.3 Å². The first-order valence-corrected chi connectivity index (χ1v) is 4.37. The van der Waals surface area contributed by atoms with Gasteiger partial charge in [-0.1, -0.05) is 12.1 Å². The fourth-order valence-corrected chi connectivity index (χ4v) is 1.26. The second kappa shape index (κ2) is 4.38. The molecule has 1 aromatic rings. The Morgan fingerprint density at radius 2 is 2.14 bits per heavy atom.